The van der Waals surface area contributed by atoms with Gasteiger partial charge < -0.3 is 14.8 Å². The van der Waals surface area contributed by atoms with Crippen LogP contribution in [0.15, 0.2) is 28.7 Å². The number of methoxy groups -OCH3 is 1. The van der Waals surface area contributed by atoms with Gasteiger partial charge in [0.15, 0.2) is 5.82 Å². The smallest absolute Gasteiger partial charge is 0.337 e. The molecule has 1 N–H and O–H groups in total. The molecule has 2 aliphatic heterocycles. The molecule has 0 unspecified atom stereocenters. The first-order chi connectivity index (χ1) is 12.3. The molecule has 3 rings (SSSR count). The number of esters is 2. The first-order valence-corrected chi connectivity index (χ1v) is 7.72. The van der Waals surface area contributed by atoms with Gasteiger partial charge in [-0.25, -0.2) is 23.4 Å². The van der Waals surface area contributed by atoms with Crippen molar-refractivity contribution in [3.63, 3.8) is 0 Å². The number of pyridine rings is 1. The number of rotatable bonds is 3. The molecule has 138 valence electrons. The van der Waals surface area contributed by atoms with Gasteiger partial charge in [-0.15, -0.1) is 0 Å². The van der Waals surface area contributed by atoms with E-state index in [1.165, 1.54) is 0 Å². The van der Waals surface area contributed by atoms with Crippen LogP contribution in [0.1, 0.15) is 37.1 Å². The average Bonchev–Trinajstić information content (AvgIpc) is 2.95. The first kappa shape index (κ1) is 18.0. The quantitative estimate of drug-likeness (QED) is 0.652. The van der Waals surface area contributed by atoms with E-state index < -0.39 is 41.4 Å². The number of hydrogen-bond donors (Lipinski definition) is 1. The Balaban J connectivity index is 2.31. The maximum absolute atomic E-state index is 14.3. The van der Waals surface area contributed by atoms with Gasteiger partial charge in [0.25, 0.3) is 0 Å². The van der Waals surface area contributed by atoms with E-state index in [9.17, 15) is 22.8 Å². The second-order valence-electron chi connectivity index (χ2n) is 5.90. The van der Waals surface area contributed by atoms with Gasteiger partial charge in [-0.05, 0) is 19.4 Å². The number of nitrogens with one attached hydrogen (secondary N) is 1. The number of nitrogens with zero attached hydrogens (tertiary/aromatic N) is 1. The second-order valence-corrected chi connectivity index (χ2v) is 5.90. The third kappa shape index (κ3) is 2.63. The molecule has 0 aromatic carbocycles. The van der Waals surface area contributed by atoms with Crippen molar-refractivity contribution in [1.29, 1.82) is 0 Å². The number of carbonyl (C=O) groups excluding carboxylic acids is 2. The topological polar surface area (TPSA) is 77.5 Å². The Morgan fingerprint density at radius 1 is 1.46 bits per heavy atom. The van der Waals surface area contributed by atoms with Crippen LogP contribution in [0.4, 0.5) is 13.2 Å². The molecule has 0 spiro atoms. The Bertz CT molecular complexity index is 877. The number of dihydropyridines is 1. The van der Waals surface area contributed by atoms with Crippen molar-refractivity contribution in [3.8, 4) is 0 Å². The molecular formula is C17H15F3N2O4. The summed E-state index contributed by atoms with van der Waals surface area (Å²) in [5.74, 6) is -5.66. The molecule has 6 nitrogen and oxygen atoms in total. The third-order valence-electron chi connectivity index (χ3n) is 4.37. The van der Waals surface area contributed by atoms with Crippen molar-refractivity contribution in [2.75, 3.05) is 13.7 Å². The molecule has 0 bridgehead atoms. The zero-order valence-electron chi connectivity index (χ0n) is 14.2. The summed E-state index contributed by atoms with van der Waals surface area (Å²) in [6, 6.07) is 0. The van der Waals surface area contributed by atoms with E-state index in [0.29, 0.717) is 11.4 Å². The van der Waals surface area contributed by atoms with E-state index >= 15 is 0 Å². The van der Waals surface area contributed by atoms with Crippen molar-refractivity contribution in [2.24, 2.45) is 0 Å². The highest BCUT2D eigenvalue weighted by molar-refractivity contribution is 6.01. The van der Waals surface area contributed by atoms with Gasteiger partial charge in [0.05, 0.1) is 29.9 Å². The van der Waals surface area contributed by atoms with Crippen molar-refractivity contribution in [3.05, 3.63) is 51.6 Å². The molecule has 2 atom stereocenters. The lowest BCUT2D eigenvalue weighted by atomic mass is 9.79. The van der Waals surface area contributed by atoms with Crippen molar-refractivity contribution < 1.29 is 32.2 Å². The summed E-state index contributed by atoms with van der Waals surface area (Å²) in [6.45, 7) is 2.50. The van der Waals surface area contributed by atoms with Crippen molar-refractivity contribution in [2.45, 2.75) is 25.9 Å². The molecule has 0 amide bonds. The van der Waals surface area contributed by atoms with Crippen LogP contribution in [0.2, 0.25) is 0 Å². The Morgan fingerprint density at radius 3 is 2.77 bits per heavy atom. The lowest BCUT2D eigenvalue weighted by Crippen LogP contribution is -2.31. The molecule has 0 saturated heterocycles. The molecule has 0 fully saturated rings. The van der Waals surface area contributed by atoms with Gasteiger partial charge in [-0.3, -0.25) is 0 Å². The van der Waals surface area contributed by atoms with E-state index in [1.807, 2.05) is 0 Å². The Labute approximate surface area is 146 Å². The Kier molecular flexibility index (Phi) is 4.47. The summed E-state index contributed by atoms with van der Waals surface area (Å²) < 4.78 is 51.7. The number of hydrogen-bond acceptors (Lipinski definition) is 6. The standard InChI is InChI=1S/C17H15F3N2O4/c1-6(18)10-8(4-21-15(20)14(10)19)12-11(16(23)25-3)7(2)22-9-5-26-17(24)13(9)12/h4,6,12,22H,5H2,1-3H3/t6-,12+/m0/s1. The largest absolute Gasteiger partial charge is 0.466 e. The van der Waals surface area contributed by atoms with Crippen LogP contribution in [-0.4, -0.2) is 30.6 Å². The fraction of sp³-hybridized carbons (Fsp3) is 0.353. The summed E-state index contributed by atoms with van der Waals surface area (Å²) in [5, 5.41) is 2.88. The fourth-order valence-corrected chi connectivity index (χ4v) is 3.28. The number of cyclic esters (lactones) is 1. The number of aromatic nitrogens is 1. The van der Waals surface area contributed by atoms with Crippen LogP contribution in [-0.2, 0) is 19.1 Å². The number of ether oxygens (including phenoxy) is 2. The monoisotopic (exact) mass is 368 g/mol. The summed E-state index contributed by atoms with van der Waals surface area (Å²) in [6.07, 6.45) is -0.982. The predicted octanol–water partition coefficient (Wildman–Crippen LogP) is 2.33. The minimum absolute atomic E-state index is 0.0192. The lowest BCUT2D eigenvalue weighted by molar-refractivity contribution is -0.136. The zero-order valence-corrected chi connectivity index (χ0v) is 14.2. The minimum Gasteiger partial charge on any atom is -0.466 e. The Hall–Kier alpha value is -2.84. The highest BCUT2D eigenvalue weighted by Crippen LogP contribution is 2.44. The molecule has 0 saturated carbocycles. The van der Waals surface area contributed by atoms with Gasteiger partial charge in [0.2, 0.25) is 5.95 Å². The highest BCUT2D eigenvalue weighted by Gasteiger charge is 2.43. The minimum atomic E-state index is -1.90. The Morgan fingerprint density at radius 2 is 2.15 bits per heavy atom. The maximum atomic E-state index is 14.3. The molecule has 2 aliphatic rings. The molecule has 0 aliphatic carbocycles. The van der Waals surface area contributed by atoms with Crippen LogP contribution in [0, 0.1) is 11.8 Å². The van der Waals surface area contributed by atoms with Crippen LogP contribution in [0.5, 0.6) is 0 Å². The normalized spacial score (nSPS) is 20.5. The number of carbonyl (C=O) groups is 2. The first-order valence-electron chi connectivity index (χ1n) is 7.72. The van der Waals surface area contributed by atoms with Gasteiger partial charge in [0, 0.05) is 17.5 Å². The lowest BCUT2D eigenvalue weighted by Gasteiger charge is -2.28. The molecule has 0 radical (unpaired) electrons. The van der Waals surface area contributed by atoms with E-state index in [4.69, 9.17) is 9.47 Å². The van der Waals surface area contributed by atoms with Crippen LogP contribution >= 0.6 is 0 Å². The SMILES string of the molecule is COC(=O)C1=C(C)NC2=C(C(=O)OC2)[C@@H]1c1cnc(F)c(F)c1[C@H](C)F. The van der Waals surface area contributed by atoms with E-state index in [0.717, 1.165) is 20.2 Å². The molecule has 1 aromatic heterocycles. The maximum Gasteiger partial charge on any atom is 0.337 e. The molecule has 3 heterocycles. The second kappa shape index (κ2) is 6.47. The predicted molar refractivity (Wildman–Crippen MR) is 82.3 cm³/mol. The average molecular weight is 368 g/mol. The summed E-state index contributed by atoms with van der Waals surface area (Å²) in [5.41, 5.74) is -0.0457. The molecular weight excluding hydrogens is 353 g/mol. The molecule has 9 heteroatoms. The van der Waals surface area contributed by atoms with Crippen LogP contribution < -0.4 is 5.32 Å². The van der Waals surface area contributed by atoms with Crippen LogP contribution in [0.3, 0.4) is 0 Å². The van der Waals surface area contributed by atoms with Gasteiger partial charge >= 0.3 is 11.9 Å². The third-order valence-corrected chi connectivity index (χ3v) is 4.37. The molecule has 26 heavy (non-hydrogen) atoms. The highest BCUT2D eigenvalue weighted by atomic mass is 19.2. The summed E-state index contributed by atoms with van der Waals surface area (Å²) >= 11 is 0. The number of halogens is 3. The van der Waals surface area contributed by atoms with Crippen LogP contribution in [0.25, 0.3) is 0 Å². The van der Waals surface area contributed by atoms with Gasteiger partial charge in [0.1, 0.15) is 12.8 Å². The van der Waals surface area contributed by atoms with Gasteiger partial charge in [-0.2, -0.15) is 4.39 Å². The van der Waals surface area contributed by atoms with Crippen molar-refractivity contribution >= 4 is 11.9 Å². The van der Waals surface area contributed by atoms with E-state index in [-0.39, 0.29) is 23.3 Å². The summed E-state index contributed by atoms with van der Waals surface area (Å²) in [4.78, 5) is 27.8. The number of alkyl halides is 1. The zero-order chi connectivity index (χ0) is 19.2. The van der Waals surface area contributed by atoms with E-state index in [1.54, 1.807) is 6.92 Å². The molecule has 1 aromatic rings. The number of allylic oxidation sites excluding steroid dienone is 1. The van der Waals surface area contributed by atoms with Gasteiger partial charge in [-0.1, -0.05) is 0 Å². The fourth-order valence-electron chi connectivity index (χ4n) is 3.28. The van der Waals surface area contributed by atoms with E-state index in [2.05, 4.69) is 10.3 Å². The van der Waals surface area contributed by atoms with Crippen molar-refractivity contribution in [1.82, 2.24) is 10.3 Å². The summed E-state index contributed by atoms with van der Waals surface area (Å²) in [7, 11) is 1.14.